The average molecular weight is 413 g/mol. The number of hydrogen-bond donors (Lipinski definition) is 2. The van der Waals surface area contributed by atoms with Crippen molar-refractivity contribution in [3.8, 4) is 0 Å². The molecule has 0 spiro atoms. The molecule has 0 saturated heterocycles. The molecular formula is C20H20N4O2S2. The summed E-state index contributed by atoms with van der Waals surface area (Å²) in [6, 6.07) is 17.4. The van der Waals surface area contributed by atoms with Crippen molar-refractivity contribution in [3.63, 3.8) is 0 Å². The third-order valence-corrected chi connectivity index (χ3v) is 5.93. The lowest BCUT2D eigenvalue weighted by Crippen LogP contribution is -2.28. The molecule has 0 aliphatic rings. The number of carbonyl (C=O) groups is 2. The van der Waals surface area contributed by atoms with Crippen LogP contribution in [0.2, 0.25) is 0 Å². The van der Waals surface area contributed by atoms with E-state index in [4.69, 9.17) is 0 Å². The highest BCUT2D eigenvalue weighted by atomic mass is 32.2. The fourth-order valence-electron chi connectivity index (χ4n) is 2.43. The zero-order valence-corrected chi connectivity index (χ0v) is 17.0. The first-order valence-corrected chi connectivity index (χ1v) is 10.6. The van der Waals surface area contributed by atoms with E-state index >= 15 is 0 Å². The van der Waals surface area contributed by atoms with Gasteiger partial charge >= 0.3 is 0 Å². The molecule has 1 aromatic heterocycles. The van der Waals surface area contributed by atoms with E-state index < -0.39 is 0 Å². The number of aromatic nitrogens is 2. The van der Waals surface area contributed by atoms with Crippen LogP contribution in [-0.4, -0.2) is 28.6 Å². The monoisotopic (exact) mass is 412 g/mol. The lowest BCUT2D eigenvalue weighted by Gasteiger charge is -2.07. The minimum Gasteiger partial charge on any atom is -0.352 e. The van der Waals surface area contributed by atoms with Crippen molar-refractivity contribution in [2.24, 2.45) is 0 Å². The number of hydrogen-bond acceptors (Lipinski definition) is 6. The highest BCUT2D eigenvalue weighted by molar-refractivity contribution is 8.00. The van der Waals surface area contributed by atoms with E-state index in [1.807, 2.05) is 43.3 Å². The Bertz CT molecular complexity index is 944. The first kappa shape index (κ1) is 20.0. The number of amides is 2. The van der Waals surface area contributed by atoms with Gasteiger partial charge in [-0.25, -0.2) is 0 Å². The van der Waals surface area contributed by atoms with Crippen molar-refractivity contribution in [2.45, 2.75) is 23.4 Å². The zero-order chi connectivity index (χ0) is 19.8. The normalized spacial score (nSPS) is 10.5. The summed E-state index contributed by atoms with van der Waals surface area (Å²) in [5, 5.41) is 14.0. The van der Waals surface area contributed by atoms with E-state index in [0.717, 1.165) is 15.7 Å². The Balaban J connectivity index is 1.41. The first-order chi connectivity index (χ1) is 13.6. The topological polar surface area (TPSA) is 84.0 Å². The maximum Gasteiger partial charge on any atom is 0.251 e. The van der Waals surface area contributed by atoms with Crippen LogP contribution < -0.4 is 10.6 Å². The fourth-order valence-corrected chi connectivity index (χ4v) is 4.16. The van der Waals surface area contributed by atoms with Crippen LogP contribution >= 0.6 is 23.1 Å². The Morgan fingerprint density at radius 1 is 1.04 bits per heavy atom. The Morgan fingerprint density at radius 2 is 1.79 bits per heavy atom. The molecule has 0 saturated carbocycles. The van der Waals surface area contributed by atoms with Crippen LogP contribution in [-0.2, 0) is 10.5 Å². The first-order valence-electron chi connectivity index (χ1n) is 8.76. The lowest BCUT2D eigenvalue weighted by molar-refractivity contribution is -0.116. The molecule has 2 aromatic carbocycles. The quantitative estimate of drug-likeness (QED) is 0.433. The second-order valence-electron chi connectivity index (χ2n) is 6.02. The summed E-state index contributed by atoms with van der Waals surface area (Å²) in [6.45, 7) is 2.14. The molecule has 0 bridgehead atoms. The molecule has 0 aliphatic carbocycles. The summed E-state index contributed by atoms with van der Waals surface area (Å²) in [6.07, 6.45) is 0.170. The van der Waals surface area contributed by atoms with Crippen molar-refractivity contribution in [3.05, 3.63) is 71.3 Å². The van der Waals surface area contributed by atoms with Gasteiger partial charge in [-0.3, -0.25) is 9.59 Å². The second-order valence-corrected chi connectivity index (χ2v) is 8.22. The van der Waals surface area contributed by atoms with Crippen LogP contribution in [0.25, 0.3) is 0 Å². The molecule has 144 valence electrons. The molecule has 1 heterocycles. The van der Waals surface area contributed by atoms with E-state index in [9.17, 15) is 9.59 Å². The summed E-state index contributed by atoms with van der Waals surface area (Å²) < 4.78 is 0.798. The zero-order valence-electron chi connectivity index (χ0n) is 15.3. The number of benzene rings is 2. The van der Waals surface area contributed by atoms with E-state index in [-0.39, 0.29) is 24.8 Å². The predicted octanol–water partition coefficient (Wildman–Crippen LogP) is 3.90. The predicted molar refractivity (Wildman–Crippen MR) is 113 cm³/mol. The maximum absolute atomic E-state index is 12.1. The summed E-state index contributed by atoms with van der Waals surface area (Å²) >= 11 is 2.92. The number of anilines is 1. The lowest BCUT2D eigenvalue weighted by atomic mass is 10.1. The Kier molecular flexibility index (Phi) is 7.16. The highest BCUT2D eigenvalue weighted by Crippen LogP contribution is 2.28. The Labute approximate surface area is 171 Å². The van der Waals surface area contributed by atoms with Gasteiger partial charge in [0.05, 0.1) is 0 Å². The minimum atomic E-state index is -0.208. The smallest absolute Gasteiger partial charge is 0.251 e. The summed E-state index contributed by atoms with van der Waals surface area (Å²) in [5.74, 6) is 0.413. The van der Waals surface area contributed by atoms with Gasteiger partial charge in [-0.15, -0.1) is 10.2 Å². The van der Waals surface area contributed by atoms with Crippen LogP contribution in [0.4, 0.5) is 5.13 Å². The molecule has 0 aliphatic heterocycles. The van der Waals surface area contributed by atoms with Crippen molar-refractivity contribution >= 4 is 40.0 Å². The van der Waals surface area contributed by atoms with Crippen molar-refractivity contribution in [1.82, 2.24) is 15.5 Å². The molecule has 0 fully saturated rings. The van der Waals surface area contributed by atoms with Crippen LogP contribution in [0.5, 0.6) is 0 Å². The number of nitrogens with zero attached hydrogens (tertiary/aromatic N) is 2. The highest BCUT2D eigenvalue weighted by Gasteiger charge is 2.11. The van der Waals surface area contributed by atoms with E-state index in [1.165, 1.54) is 16.9 Å². The summed E-state index contributed by atoms with van der Waals surface area (Å²) in [5.41, 5.74) is 2.73. The third-order valence-electron chi connectivity index (χ3n) is 3.89. The number of aryl methyl sites for hydroxylation is 1. The molecule has 0 atom stereocenters. The molecule has 3 aromatic rings. The number of nitrogens with one attached hydrogen (secondary N) is 2. The molecular weight excluding hydrogens is 392 g/mol. The molecule has 28 heavy (non-hydrogen) atoms. The van der Waals surface area contributed by atoms with E-state index in [1.54, 1.807) is 17.8 Å². The SMILES string of the molecule is Cc1ccccc1C(=O)NCCC(=O)Nc1nnc(SCc2ccccc2)s1. The third kappa shape index (κ3) is 5.90. The van der Waals surface area contributed by atoms with Crippen LogP contribution in [0.1, 0.15) is 27.9 Å². The average Bonchev–Trinajstić information content (AvgIpc) is 3.14. The van der Waals surface area contributed by atoms with Crippen molar-refractivity contribution in [1.29, 1.82) is 0 Å². The molecule has 3 rings (SSSR count). The maximum atomic E-state index is 12.1. The molecule has 6 nitrogen and oxygen atoms in total. The van der Waals surface area contributed by atoms with Crippen LogP contribution in [0.15, 0.2) is 58.9 Å². The second kappa shape index (κ2) is 10.0. The van der Waals surface area contributed by atoms with Gasteiger partial charge in [0.2, 0.25) is 11.0 Å². The van der Waals surface area contributed by atoms with Crippen molar-refractivity contribution in [2.75, 3.05) is 11.9 Å². The van der Waals surface area contributed by atoms with E-state index in [2.05, 4.69) is 33.0 Å². The number of rotatable bonds is 8. The van der Waals surface area contributed by atoms with Crippen LogP contribution in [0, 0.1) is 6.92 Å². The summed E-state index contributed by atoms with van der Waals surface area (Å²) in [7, 11) is 0. The number of carbonyl (C=O) groups excluding carboxylic acids is 2. The molecule has 2 amide bonds. The van der Waals surface area contributed by atoms with Gasteiger partial charge in [-0.1, -0.05) is 71.6 Å². The standard InChI is InChI=1S/C20H20N4O2S2/c1-14-7-5-6-10-16(14)18(26)21-12-11-17(25)22-19-23-24-20(28-19)27-13-15-8-3-2-4-9-15/h2-10H,11-13H2,1H3,(H,21,26)(H,22,23,25). The summed E-state index contributed by atoms with van der Waals surface area (Å²) in [4.78, 5) is 24.2. The van der Waals surface area contributed by atoms with Gasteiger partial charge in [-0.2, -0.15) is 0 Å². The van der Waals surface area contributed by atoms with Gasteiger partial charge in [-0.05, 0) is 24.1 Å². The number of thioether (sulfide) groups is 1. The van der Waals surface area contributed by atoms with Crippen LogP contribution in [0.3, 0.4) is 0 Å². The molecule has 0 radical (unpaired) electrons. The molecule has 0 unspecified atom stereocenters. The molecule has 8 heteroatoms. The van der Waals surface area contributed by atoms with Gasteiger partial charge in [0.1, 0.15) is 0 Å². The minimum absolute atomic E-state index is 0.170. The Morgan fingerprint density at radius 3 is 2.57 bits per heavy atom. The Hall–Kier alpha value is -2.71. The van der Waals surface area contributed by atoms with Crippen molar-refractivity contribution < 1.29 is 9.59 Å². The fraction of sp³-hybridized carbons (Fsp3) is 0.200. The van der Waals surface area contributed by atoms with Gasteiger partial charge in [0, 0.05) is 24.3 Å². The van der Waals surface area contributed by atoms with Gasteiger partial charge < -0.3 is 10.6 Å². The molecule has 2 N–H and O–H groups in total. The van der Waals surface area contributed by atoms with Gasteiger partial charge in [0.25, 0.3) is 5.91 Å². The van der Waals surface area contributed by atoms with E-state index in [0.29, 0.717) is 10.7 Å². The van der Waals surface area contributed by atoms with Gasteiger partial charge in [0.15, 0.2) is 4.34 Å². The largest absolute Gasteiger partial charge is 0.352 e.